The van der Waals surface area contributed by atoms with E-state index in [4.69, 9.17) is 13.6 Å². The molecule has 0 spiro atoms. The Morgan fingerprint density at radius 3 is 2.90 bits per heavy atom. The molecule has 0 bridgehead atoms. The number of carbonyl (C=O) groups is 1. The number of benzene rings is 1. The Morgan fingerprint density at radius 2 is 2.30 bits per heavy atom. The first-order valence-electron chi connectivity index (χ1n) is 7.36. The lowest BCUT2D eigenvalue weighted by atomic mass is 10.2. The average molecular weight is 284 g/mol. The molecule has 0 unspecified atom stereocenters. The Bertz CT molecular complexity index is 602. The predicted molar refractivity (Wildman–Crippen MR) is 72.4 cm³/mol. The van der Waals surface area contributed by atoms with Gasteiger partial charge in [0.05, 0.1) is 35.0 Å². The van der Waals surface area contributed by atoms with Gasteiger partial charge in [0.25, 0.3) is 5.69 Å². The molecule has 8 nitrogen and oxygen atoms in total. The van der Waals surface area contributed by atoms with Gasteiger partial charge in [-0.25, -0.2) is 0 Å². The van der Waals surface area contributed by atoms with Gasteiger partial charge in [-0.05, 0) is 0 Å². The van der Waals surface area contributed by atoms with E-state index in [2.05, 4.69) is 5.32 Å². The van der Waals surface area contributed by atoms with E-state index in [1.54, 1.807) is 4.90 Å². The minimum atomic E-state index is -2.75. The Balaban J connectivity index is 2.51. The maximum Gasteiger partial charge on any atom is 0.294 e. The lowest BCUT2D eigenvalue weighted by molar-refractivity contribution is -0.384. The van der Waals surface area contributed by atoms with Crippen LogP contribution in [0.3, 0.4) is 0 Å². The summed E-state index contributed by atoms with van der Waals surface area (Å²) in [5.74, 6) is -0.163. The summed E-state index contributed by atoms with van der Waals surface area (Å²) in [6.45, 7) is 1.66. The molecule has 0 saturated carbocycles. The SMILES string of the molecule is [2H]C([2H])([2H])Oc1cc(N2CCOCC2)c([N+](=O)[O-])cc1NC=O. The Kier molecular flexibility index (Phi) is 3.24. The van der Waals surface area contributed by atoms with E-state index in [0.717, 1.165) is 6.07 Å². The van der Waals surface area contributed by atoms with Gasteiger partial charge < -0.3 is 19.7 Å². The molecule has 0 atom stereocenters. The second-order valence-electron chi connectivity index (χ2n) is 4.06. The highest BCUT2D eigenvalue weighted by atomic mass is 16.6. The number of nitro groups is 1. The van der Waals surface area contributed by atoms with Crippen LogP contribution >= 0.6 is 0 Å². The number of morpholine rings is 1. The van der Waals surface area contributed by atoms with E-state index in [1.165, 1.54) is 6.07 Å². The molecule has 20 heavy (non-hydrogen) atoms. The van der Waals surface area contributed by atoms with Crippen LogP contribution in [0.15, 0.2) is 12.1 Å². The zero-order valence-corrected chi connectivity index (χ0v) is 10.5. The molecule has 108 valence electrons. The number of methoxy groups -OCH3 is 1. The van der Waals surface area contributed by atoms with E-state index in [0.29, 0.717) is 32.7 Å². The summed E-state index contributed by atoms with van der Waals surface area (Å²) in [4.78, 5) is 23.1. The van der Waals surface area contributed by atoms with Gasteiger partial charge in [0.15, 0.2) is 0 Å². The molecule has 0 aromatic heterocycles. The molecule has 1 heterocycles. The second kappa shape index (κ2) is 6.20. The molecule has 1 fully saturated rings. The molecule has 1 saturated heterocycles. The molecule has 0 aliphatic carbocycles. The summed E-state index contributed by atoms with van der Waals surface area (Å²) in [5.41, 5.74) is -0.122. The number of ether oxygens (including phenoxy) is 2. The molecule has 1 aliphatic rings. The number of rotatable bonds is 5. The van der Waals surface area contributed by atoms with Crippen LogP contribution in [0, 0.1) is 10.1 Å². The lowest BCUT2D eigenvalue weighted by Crippen LogP contribution is -2.36. The summed E-state index contributed by atoms with van der Waals surface area (Å²) in [6.07, 6.45) is 0.292. The highest BCUT2D eigenvalue weighted by molar-refractivity contribution is 5.82. The molecule has 1 aliphatic heterocycles. The first-order chi connectivity index (χ1) is 10.8. The summed E-state index contributed by atoms with van der Waals surface area (Å²) in [7, 11) is -2.75. The number of hydrogen-bond donors (Lipinski definition) is 1. The average Bonchev–Trinajstić information content (AvgIpc) is 2.48. The molecular formula is C12H15N3O5. The standard InChI is InChI=1S/C12H15N3O5/c1-19-12-7-10(14-2-4-20-5-3-14)11(15(17)18)6-9(12)13-8-16/h6-8H,2-5H2,1H3,(H,13,16)/i1D3. The van der Waals surface area contributed by atoms with Gasteiger partial charge in [0.1, 0.15) is 11.4 Å². The maximum absolute atomic E-state index is 11.3. The topological polar surface area (TPSA) is 93.9 Å². The largest absolute Gasteiger partial charge is 0.494 e. The van der Waals surface area contributed by atoms with Crippen molar-refractivity contribution in [2.75, 3.05) is 43.6 Å². The summed E-state index contributed by atoms with van der Waals surface area (Å²) in [6, 6.07) is 2.34. The van der Waals surface area contributed by atoms with Crippen LogP contribution in [-0.4, -0.2) is 44.7 Å². The number of carbonyl (C=O) groups excluding carboxylic acids is 1. The van der Waals surface area contributed by atoms with Gasteiger partial charge in [0, 0.05) is 25.2 Å². The van der Waals surface area contributed by atoms with Crippen molar-refractivity contribution >= 4 is 23.5 Å². The lowest BCUT2D eigenvalue weighted by Gasteiger charge is -2.29. The van der Waals surface area contributed by atoms with Crippen LogP contribution in [0.1, 0.15) is 4.11 Å². The van der Waals surface area contributed by atoms with Crippen molar-refractivity contribution in [2.45, 2.75) is 0 Å². The van der Waals surface area contributed by atoms with Crippen molar-refractivity contribution in [3.63, 3.8) is 0 Å². The maximum atomic E-state index is 11.3. The zero-order chi connectivity index (χ0) is 17.0. The van der Waals surface area contributed by atoms with Gasteiger partial charge in [0.2, 0.25) is 6.41 Å². The van der Waals surface area contributed by atoms with Gasteiger partial charge in [-0.1, -0.05) is 0 Å². The summed E-state index contributed by atoms with van der Waals surface area (Å²) in [5, 5.41) is 13.5. The van der Waals surface area contributed by atoms with Crippen molar-refractivity contribution in [1.29, 1.82) is 0 Å². The van der Waals surface area contributed by atoms with Crippen molar-refractivity contribution in [3.05, 3.63) is 22.2 Å². The van der Waals surface area contributed by atoms with Crippen LogP contribution in [0.5, 0.6) is 5.75 Å². The molecule has 1 N–H and O–H groups in total. The fraction of sp³-hybridized carbons (Fsp3) is 0.417. The van der Waals surface area contributed by atoms with Crippen molar-refractivity contribution in [3.8, 4) is 5.75 Å². The van der Waals surface area contributed by atoms with E-state index in [1.807, 2.05) is 0 Å². The van der Waals surface area contributed by atoms with E-state index in [9.17, 15) is 14.9 Å². The third-order valence-corrected chi connectivity index (χ3v) is 2.95. The third-order valence-electron chi connectivity index (χ3n) is 2.95. The van der Waals surface area contributed by atoms with Gasteiger partial charge in [-0.15, -0.1) is 0 Å². The van der Waals surface area contributed by atoms with Gasteiger partial charge >= 0.3 is 0 Å². The van der Waals surface area contributed by atoms with Gasteiger partial charge in [-0.2, -0.15) is 0 Å². The molecule has 1 amide bonds. The van der Waals surface area contributed by atoms with Crippen molar-refractivity contribution < 1.29 is 23.3 Å². The summed E-state index contributed by atoms with van der Waals surface area (Å²) < 4.78 is 31.6. The quantitative estimate of drug-likeness (QED) is 0.492. The summed E-state index contributed by atoms with van der Waals surface area (Å²) >= 11 is 0. The van der Waals surface area contributed by atoms with Gasteiger partial charge in [-0.3, -0.25) is 14.9 Å². The van der Waals surface area contributed by atoms with E-state index in [-0.39, 0.29) is 22.8 Å². The fourth-order valence-corrected chi connectivity index (χ4v) is 2.02. The first kappa shape index (κ1) is 10.4. The molecule has 1 aromatic rings. The number of nitro benzene ring substituents is 1. The van der Waals surface area contributed by atoms with Crippen LogP contribution < -0.4 is 15.0 Å². The third kappa shape index (κ3) is 2.80. The predicted octanol–water partition coefficient (Wildman–Crippen LogP) is 1.01. The minimum Gasteiger partial charge on any atom is -0.494 e. The number of amides is 1. The smallest absolute Gasteiger partial charge is 0.294 e. The monoisotopic (exact) mass is 284 g/mol. The number of anilines is 2. The Morgan fingerprint density at radius 1 is 1.55 bits per heavy atom. The zero-order valence-electron chi connectivity index (χ0n) is 13.5. The molecule has 0 radical (unpaired) electrons. The number of hydrogen-bond acceptors (Lipinski definition) is 6. The molecular weight excluding hydrogens is 266 g/mol. The van der Waals surface area contributed by atoms with Crippen molar-refractivity contribution in [1.82, 2.24) is 0 Å². The normalized spacial score (nSPS) is 17.6. The molecule has 8 heteroatoms. The number of nitrogens with zero attached hydrogens (tertiary/aromatic N) is 2. The second-order valence-corrected chi connectivity index (χ2v) is 4.06. The van der Waals surface area contributed by atoms with Crippen LogP contribution in [0.25, 0.3) is 0 Å². The molecule has 1 aromatic carbocycles. The fourth-order valence-electron chi connectivity index (χ4n) is 2.02. The Hall–Kier alpha value is -2.35. The number of nitrogens with one attached hydrogen (secondary N) is 1. The van der Waals surface area contributed by atoms with Crippen LogP contribution in [0.4, 0.5) is 17.1 Å². The highest BCUT2D eigenvalue weighted by Crippen LogP contribution is 2.38. The van der Waals surface area contributed by atoms with E-state index >= 15 is 0 Å². The highest BCUT2D eigenvalue weighted by Gasteiger charge is 2.24. The van der Waals surface area contributed by atoms with E-state index < -0.39 is 12.0 Å². The minimum absolute atomic E-state index is 0.0835. The van der Waals surface area contributed by atoms with Crippen LogP contribution in [-0.2, 0) is 9.53 Å². The Labute approximate surface area is 119 Å². The van der Waals surface area contributed by atoms with Crippen molar-refractivity contribution in [2.24, 2.45) is 0 Å². The van der Waals surface area contributed by atoms with Crippen LogP contribution in [0.2, 0.25) is 0 Å². The first-order valence-corrected chi connectivity index (χ1v) is 5.86. The molecule has 2 rings (SSSR count).